The third-order valence-electron chi connectivity index (χ3n) is 4.26. The van der Waals surface area contributed by atoms with Gasteiger partial charge in [0.25, 0.3) is 0 Å². The first-order chi connectivity index (χ1) is 10.2. The molecule has 0 amide bonds. The Labute approximate surface area is 125 Å². The Morgan fingerprint density at radius 1 is 1.33 bits per heavy atom. The number of rotatable bonds is 4. The molecule has 1 unspecified atom stereocenters. The molecule has 2 heterocycles. The maximum absolute atomic E-state index is 4.40. The minimum Gasteiger partial charge on any atom is -0.316 e. The van der Waals surface area contributed by atoms with Gasteiger partial charge in [-0.1, -0.05) is 32.0 Å². The lowest BCUT2D eigenvalue weighted by atomic mass is 9.80. The average Bonchev–Trinajstić information content (AvgIpc) is 2.95. The van der Waals surface area contributed by atoms with Crippen molar-refractivity contribution in [1.82, 2.24) is 25.4 Å². The summed E-state index contributed by atoms with van der Waals surface area (Å²) in [6.07, 6.45) is 2.77. The first-order valence-electron chi connectivity index (χ1n) is 7.55. The number of piperidine rings is 1. The maximum Gasteiger partial charge on any atom is 0.146 e. The predicted molar refractivity (Wildman–Crippen MR) is 83.3 cm³/mol. The van der Waals surface area contributed by atoms with Gasteiger partial charge in [0.05, 0.1) is 12.2 Å². The number of nitrogens with one attached hydrogen (secondary N) is 2. The normalized spacial score (nSPS) is 21.3. The third-order valence-corrected chi connectivity index (χ3v) is 4.26. The van der Waals surface area contributed by atoms with Crippen LogP contribution >= 0.6 is 0 Å². The van der Waals surface area contributed by atoms with Crippen LogP contribution in [0.2, 0.25) is 0 Å². The number of hydrogen-bond acceptors (Lipinski definition) is 4. The van der Waals surface area contributed by atoms with E-state index in [2.05, 4.69) is 34.6 Å². The molecule has 0 saturated carbocycles. The van der Waals surface area contributed by atoms with Crippen molar-refractivity contribution in [2.75, 3.05) is 13.1 Å². The van der Waals surface area contributed by atoms with Gasteiger partial charge in [-0.3, -0.25) is 0 Å². The van der Waals surface area contributed by atoms with Gasteiger partial charge in [0, 0.05) is 12.6 Å². The van der Waals surface area contributed by atoms with Crippen molar-refractivity contribution >= 4 is 0 Å². The van der Waals surface area contributed by atoms with Crippen LogP contribution in [0.1, 0.15) is 26.1 Å². The Kier molecular flexibility index (Phi) is 4.03. The highest BCUT2D eigenvalue weighted by molar-refractivity contribution is 5.30. The molecule has 2 N–H and O–H groups in total. The monoisotopic (exact) mass is 285 g/mol. The molecule has 0 radical (unpaired) electrons. The van der Waals surface area contributed by atoms with E-state index in [1.165, 1.54) is 0 Å². The van der Waals surface area contributed by atoms with Gasteiger partial charge < -0.3 is 10.6 Å². The summed E-state index contributed by atoms with van der Waals surface area (Å²) in [5.41, 5.74) is 1.31. The van der Waals surface area contributed by atoms with E-state index in [9.17, 15) is 0 Å². The highest BCUT2D eigenvalue weighted by Crippen LogP contribution is 2.25. The lowest BCUT2D eigenvalue weighted by molar-refractivity contribution is 0.183. The van der Waals surface area contributed by atoms with Crippen LogP contribution < -0.4 is 10.6 Å². The van der Waals surface area contributed by atoms with Crippen molar-refractivity contribution in [2.24, 2.45) is 5.41 Å². The summed E-state index contributed by atoms with van der Waals surface area (Å²) in [4.78, 5) is 4.40. The molecule has 1 aliphatic heterocycles. The maximum atomic E-state index is 4.40. The Morgan fingerprint density at radius 3 is 2.90 bits per heavy atom. The van der Waals surface area contributed by atoms with Crippen molar-refractivity contribution in [3.05, 3.63) is 42.5 Å². The molecule has 1 aliphatic rings. The van der Waals surface area contributed by atoms with E-state index < -0.39 is 0 Å². The molecule has 0 spiro atoms. The fourth-order valence-electron chi connectivity index (χ4n) is 2.93. The van der Waals surface area contributed by atoms with Gasteiger partial charge in [-0.05, 0) is 30.5 Å². The Hall–Kier alpha value is -1.72. The van der Waals surface area contributed by atoms with Crippen LogP contribution in [-0.4, -0.2) is 33.9 Å². The third kappa shape index (κ3) is 3.14. The second kappa shape index (κ2) is 5.95. The minimum absolute atomic E-state index is 0.260. The first kappa shape index (κ1) is 14.2. The van der Waals surface area contributed by atoms with Crippen molar-refractivity contribution in [1.29, 1.82) is 0 Å². The molecule has 0 aliphatic carbocycles. The van der Waals surface area contributed by atoms with Crippen molar-refractivity contribution in [3.8, 4) is 5.69 Å². The Bertz CT molecular complexity index is 575. The fraction of sp³-hybridized carbons (Fsp3) is 0.500. The van der Waals surface area contributed by atoms with Crippen molar-refractivity contribution in [2.45, 2.75) is 32.9 Å². The average molecular weight is 285 g/mol. The molecule has 112 valence electrons. The summed E-state index contributed by atoms with van der Waals surface area (Å²) in [5, 5.41) is 11.5. The number of benzene rings is 1. The van der Waals surface area contributed by atoms with Crippen LogP contribution in [0.4, 0.5) is 0 Å². The van der Waals surface area contributed by atoms with E-state index in [0.29, 0.717) is 6.04 Å². The minimum atomic E-state index is 0.260. The number of nitrogens with zero attached hydrogens (tertiary/aromatic N) is 3. The molecule has 5 heteroatoms. The number of aromatic nitrogens is 3. The zero-order valence-corrected chi connectivity index (χ0v) is 12.7. The topological polar surface area (TPSA) is 54.8 Å². The summed E-state index contributed by atoms with van der Waals surface area (Å²) in [5.74, 6) is 0.954. The van der Waals surface area contributed by atoms with Gasteiger partial charge in [-0.2, -0.15) is 5.10 Å². The predicted octanol–water partition coefficient (Wildman–Crippen LogP) is 1.74. The van der Waals surface area contributed by atoms with E-state index in [-0.39, 0.29) is 5.41 Å². The molecule has 1 saturated heterocycles. The van der Waals surface area contributed by atoms with Gasteiger partial charge in [0.15, 0.2) is 0 Å². The fourth-order valence-corrected chi connectivity index (χ4v) is 2.93. The summed E-state index contributed by atoms with van der Waals surface area (Å²) in [7, 11) is 0. The van der Waals surface area contributed by atoms with E-state index in [1.54, 1.807) is 6.33 Å². The van der Waals surface area contributed by atoms with Crippen LogP contribution in [0.5, 0.6) is 0 Å². The standard InChI is InChI=1S/C16H23N5/c1-16(2)11-17-9-8-14(16)18-10-15-19-12-20-21(15)13-6-4-3-5-7-13/h3-7,12,14,17-18H,8-11H2,1-2H3. The summed E-state index contributed by atoms with van der Waals surface area (Å²) in [6, 6.07) is 10.6. The summed E-state index contributed by atoms with van der Waals surface area (Å²) >= 11 is 0. The lowest BCUT2D eigenvalue weighted by Gasteiger charge is -2.39. The summed E-state index contributed by atoms with van der Waals surface area (Å²) < 4.78 is 1.90. The Morgan fingerprint density at radius 2 is 2.14 bits per heavy atom. The van der Waals surface area contributed by atoms with Crippen LogP contribution in [0.25, 0.3) is 5.69 Å². The van der Waals surface area contributed by atoms with Gasteiger partial charge in [-0.25, -0.2) is 9.67 Å². The SMILES string of the molecule is CC1(C)CNCCC1NCc1ncnn1-c1ccccc1. The van der Waals surface area contributed by atoms with Gasteiger partial charge in [0.1, 0.15) is 12.2 Å². The van der Waals surface area contributed by atoms with Gasteiger partial charge in [-0.15, -0.1) is 0 Å². The van der Waals surface area contributed by atoms with E-state index in [1.807, 2.05) is 35.0 Å². The van der Waals surface area contributed by atoms with Crippen molar-refractivity contribution < 1.29 is 0 Å². The largest absolute Gasteiger partial charge is 0.316 e. The zero-order chi connectivity index (χ0) is 14.7. The molecule has 1 fully saturated rings. The Balaban J connectivity index is 1.71. The number of hydrogen-bond donors (Lipinski definition) is 2. The van der Waals surface area contributed by atoms with E-state index >= 15 is 0 Å². The van der Waals surface area contributed by atoms with Gasteiger partial charge in [0.2, 0.25) is 0 Å². The molecular formula is C16H23N5. The zero-order valence-electron chi connectivity index (χ0n) is 12.7. The molecule has 1 aromatic heterocycles. The molecule has 1 atom stereocenters. The molecule has 5 nitrogen and oxygen atoms in total. The second-order valence-electron chi connectivity index (χ2n) is 6.31. The smallest absolute Gasteiger partial charge is 0.146 e. The van der Waals surface area contributed by atoms with Crippen molar-refractivity contribution in [3.63, 3.8) is 0 Å². The van der Waals surface area contributed by atoms with Crippen LogP contribution in [-0.2, 0) is 6.54 Å². The molecule has 1 aromatic carbocycles. The number of para-hydroxylation sites is 1. The summed E-state index contributed by atoms with van der Waals surface area (Å²) in [6.45, 7) is 7.48. The molecule has 21 heavy (non-hydrogen) atoms. The highest BCUT2D eigenvalue weighted by atomic mass is 15.3. The van der Waals surface area contributed by atoms with Crippen LogP contribution in [0.15, 0.2) is 36.7 Å². The lowest BCUT2D eigenvalue weighted by Crippen LogP contribution is -2.52. The van der Waals surface area contributed by atoms with E-state index in [0.717, 1.165) is 37.6 Å². The molecular weight excluding hydrogens is 262 g/mol. The highest BCUT2D eigenvalue weighted by Gasteiger charge is 2.31. The van der Waals surface area contributed by atoms with Gasteiger partial charge >= 0.3 is 0 Å². The van der Waals surface area contributed by atoms with Crippen LogP contribution in [0.3, 0.4) is 0 Å². The van der Waals surface area contributed by atoms with Crippen LogP contribution in [0, 0.1) is 5.41 Å². The molecule has 3 rings (SSSR count). The molecule has 2 aromatic rings. The first-order valence-corrected chi connectivity index (χ1v) is 7.55. The second-order valence-corrected chi connectivity index (χ2v) is 6.31. The molecule has 0 bridgehead atoms. The quantitative estimate of drug-likeness (QED) is 0.898. The van der Waals surface area contributed by atoms with E-state index in [4.69, 9.17) is 0 Å².